The van der Waals surface area contributed by atoms with E-state index in [1.807, 2.05) is 10.9 Å². The molecule has 0 saturated heterocycles. The molecule has 2 aromatic carbocycles. The van der Waals surface area contributed by atoms with Gasteiger partial charge in [-0.3, -0.25) is 20.4 Å². The molecule has 2 amide bonds. The normalized spacial score (nSPS) is 11.2. The average molecular weight is 428 g/mol. The van der Waals surface area contributed by atoms with Gasteiger partial charge in [0, 0.05) is 10.6 Å². The van der Waals surface area contributed by atoms with Crippen molar-refractivity contribution in [2.75, 3.05) is 0 Å². The fourth-order valence-electron chi connectivity index (χ4n) is 2.30. The zero-order chi connectivity index (χ0) is 21.2. The third kappa shape index (κ3) is 4.51. The lowest BCUT2D eigenvalue weighted by molar-refractivity contribution is -0.143. The van der Waals surface area contributed by atoms with Crippen LogP contribution in [0.4, 0.5) is 17.6 Å². The molecule has 0 aliphatic heterocycles. The van der Waals surface area contributed by atoms with Crippen molar-refractivity contribution >= 4 is 23.4 Å². The number of nitrogens with one attached hydrogen (secondary N) is 2. The highest BCUT2D eigenvalue weighted by Gasteiger charge is 2.42. The summed E-state index contributed by atoms with van der Waals surface area (Å²) in [5.74, 6) is -2.78. The summed E-state index contributed by atoms with van der Waals surface area (Å²) in [6, 6.07) is 9.52. The van der Waals surface area contributed by atoms with E-state index in [2.05, 4.69) is 10.3 Å². The van der Waals surface area contributed by atoms with Gasteiger partial charge in [-0.1, -0.05) is 16.8 Å². The topological polar surface area (TPSA) is 88.9 Å². The van der Waals surface area contributed by atoms with E-state index in [4.69, 9.17) is 11.6 Å². The second kappa shape index (κ2) is 7.87. The molecule has 29 heavy (non-hydrogen) atoms. The molecule has 2 N–H and O–H groups in total. The SMILES string of the molecule is O=C(NNC(=O)c1nnn(-c2ccc(F)cc2)c1C(F)(F)F)c1ccc(Cl)cc1. The number of benzene rings is 2. The highest BCUT2D eigenvalue weighted by molar-refractivity contribution is 6.30. The van der Waals surface area contributed by atoms with Crippen LogP contribution in [0.15, 0.2) is 48.5 Å². The molecule has 0 radical (unpaired) electrons. The van der Waals surface area contributed by atoms with Gasteiger partial charge in [0.1, 0.15) is 5.82 Å². The Morgan fingerprint density at radius 3 is 2.10 bits per heavy atom. The Bertz CT molecular complexity index is 1050. The molecule has 12 heteroatoms. The Morgan fingerprint density at radius 2 is 1.52 bits per heavy atom. The summed E-state index contributed by atoms with van der Waals surface area (Å²) in [6.45, 7) is 0. The Morgan fingerprint density at radius 1 is 0.931 bits per heavy atom. The Labute approximate surface area is 165 Å². The summed E-state index contributed by atoms with van der Waals surface area (Å²) >= 11 is 5.70. The van der Waals surface area contributed by atoms with Gasteiger partial charge in [0.15, 0.2) is 11.4 Å². The van der Waals surface area contributed by atoms with E-state index < -0.39 is 35.2 Å². The van der Waals surface area contributed by atoms with Crippen molar-refractivity contribution in [3.8, 4) is 5.69 Å². The molecule has 7 nitrogen and oxygen atoms in total. The van der Waals surface area contributed by atoms with Crippen LogP contribution in [-0.4, -0.2) is 26.8 Å². The fourth-order valence-corrected chi connectivity index (χ4v) is 2.42. The molecule has 150 valence electrons. The van der Waals surface area contributed by atoms with Crippen molar-refractivity contribution in [1.29, 1.82) is 0 Å². The number of rotatable bonds is 3. The summed E-state index contributed by atoms with van der Waals surface area (Å²) in [6.07, 6.45) is -5.01. The van der Waals surface area contributed by atoms with Crippen LogP contribution in [0.25, 0.3) is 5.69 Å². The minimum Gasteiger partial charge on any atom is -0.267 e. The number of halogens is 5. The van der Waals surface area contributed by atoms with E-state index in [-0.39, 0.29) is 11.3 Å². The van der Waals surface area contributed by atoms with Gasteiger partial charge in [0.05, 0.1) is 5.69 Å². The van der Waals surface area contributed by atoms with E-state index in [0.717, 1.165) is 24.3 Å². The Balaban J connectivity index is 1.84. The molecular weight excluding hydrogens is 418 g/mol. The average Bonchev–Trinajstić information content (AvgIpc) is 3.13. The molecular formula is C17H10ClF4N5O2. The van der Waals surface area contributed by atoms with Crippen molar-refractivity contribution in [2.45, 2.75) is 6.18 Å². The molecule has 1 heterocycles. The smallest absolute Gasteiger partial charge is 0.267 e. The van der Waals surface area contributed by atoms with Crippen LogP contribution in [0.1, 0.15) is 26.5 Å². The number of hydrazine groups is 1. The lowest BCUT2D eigenvalue weighted by Gasteiger charge is -2.11. The van der Waals surface area contributed by atoms with Crippen molar-refractivity contribution in [3.05, 3.63) is 76.3 Å². The predicted molar refractivity (Wildman–Crippen MR) is 92.7 cm³/mol. The number of alkyl halides is 3. The maximum absolute atomic E-state index is 13.5. The maximum atomic E-state index is 13.5. The first-order valence-corrected chi connectivity index (χ1v) is 8.19. The van der Waals surface area contributed by atoms with E-state index >= 15 is 0 Å². The zero-order valence-corrected chi connectivity index (χ0v) is 14.9. The minimum absolute atomic E-state index is 0.112. The molecule has 3 rings (SSSR count). The van der Waals surface area contributed by atoms with Crippen LogP contribution in [0.3, 0.4) is 0 Å². The first kappa shape index (κ1) is 20.3. The zero-order valence-electron chi connectivity index (χ0n) is 14.2. The van der Waals surface area contributed by atoms with Gasteiger partial charge >= 0.3 is 6.18 Å². The number of aromatic nitrogens is 3. The highest BCUT2D eigenvalue weighted by Crippen LogP contribution is 2.32. The van der Waals surface area contributed by atoms with Crippen LogP contribution in [0.2, 0.25) is 5.02 Å². The molecule has 1 aromatic heterocycles. The largest absolute Gasteiger partial charge is 0.435 e. The Kier molecular flexibility index (Phi) is 5.50. The number of amides is 2. The molecule has 0 spiro atoms. The monoisotopic (exact) mass is 427 g/mol. The van der Waals surface area contributed by atoms with Gasteiger partial charge in [-0.05, 0) is 48.5 Å². The van der Waals surface area contributed by atoms with Gasteiger partial charge in [-0.25, -0.2) is 9.07 Å². The molecule has 0 unspecified atom stereocenters. The second-order valence-corrected chi connectivity index (χ2v) is 6.02. The van der Waals surface area contributed by atoms with Crippen molar-refractivity contribution in [2.24, 2.45) is 0 Å². The van der Waals surface area contributed by atoms with E-state index in [9.17, 15) is 27.2 Å². The summed E-state index contributed by atoms with van der Waals surface area (Å²) in [5, 5.41) is 6.97. The second-order valence-electron chi connectivity index (χ2n) is 5.59. The van der Waals surface area contributed by atoms with Crippen molar-refractivity contribution in [3.63, 3.8) is 0 Å². The van der Waals surface area contributed by atoms with E-state index in [1.54, 1.807) is 0 Å². The summed E-state index contributed by atoms with van der Waals surface area (Å²) in [5.41, 5.74) is 1.23. The van der Waals surface area contributed by atoms with E-state index in [1.165, 1.54) is 24.3 Å². The highest BCUT2D eigenvalue weighted by atomic mass is 35.5. The first-order valence-electron chi connectivity index (χ1n) is 7.82. The quantitative estimate of drug-likeness (QED) is 0.496. The third-order valence-electron chi connectivity index (χ3n) is 3.62. The molecule has 0 saturated carbocycles. The minimum atomic E-state index is -5.01. The van der Waals surface area contributed by atoms with Crippen LogP contribution in [0, 0.1) is 5.82 Å². The van der Waals surface area contributed by atoms with Gasteiger partial charge in [-0.2, -0.15) is 13.2 Å². The maximum Gasteiger partial charge on any atom is 0.435 e. The van der Waals surface area contributed by atoms with Crippen molar-refractivity contribution < 1.29 is 27.2 Å². The van der Waals surface area contributed by atoms with Gasteiger partial charge in [0.25, 0.3) is 11.8 Å². The molecule has 0 bridgehead atoms. The molecule has 0 aliphatic rings. The van der Waals surface area contributed by atoms with Crippen LogP contribution < -0.4 is 10.9 Å². The van der Waals surface area contributed by atoms with Crippen LogP contribution >= 0.6 is 11.6 Å². The number of hydrogen-bond donors (Lipinski definition) is 2. The molecule has 0 atom stereocenters. The molecule has 3 aromatic rings. The molecule has 0 aliphatic carbocycles. The Hall–Kier alpha value is -3.47. The summed E-state index contributed by atoms with van der Waals surface area (Å²) in [4.78, 5) is 24.1. The van der Waals surface area contributed by atoms with E-state index in [0.29, 0.717) is 9.70 Å². The third-order valence-corrected chi connectivity index (χ3v) is 3.87. The lowest BCUT2D eigenvalue weighted by atomic mass is 10.2. The van der Waals surface area contributed by atoms with Gasteiger partial charge in [-0.15, -0.1) is 5.10 Å². The van der Waals surface area contributed by atoms with Crippen molar-refractivity contribution in [1.82, 2.24) is 25.8 Å². The summed E-state index contributed by atoms with van der Waals surface area (Å²) < 4.78 is 53.9. The molecule has 0 fully saturated rings. The fraction of sp³-hybridized carbons (Fsp3) is 0.0588. The van der Waals surface area contributed by atoms with Gasteiger partial charge in [0.2, 0.25) is 0 Å². The first-order chi connectivity index (χ1) is 13.7. The van der Waals surface area contributed by atoms with Gasteiger partial charge < -0.3 is 0 Å². The van der Waals surface area contributed by atoms with Crippen LogP contribution in [0.5, 0.6) is 0 Å². The van der Waals surface area contributed by atoms with Crippen LogP contribution in [-0.2, 0) is 6.18 Å². The number of carbonyl (C=O) groups is 2. The number of nitrogens with zero attached hydrogens (tertiary/aromatic N) is 3. The standard InChI is InChI=1S/C17H10ClF4N5O2/c18-10-3-1-9(2-4-10)15(28)24-25-16(29)13-14(17(20,21)22)27(26-23-13)12-7-5-11(19)6-8-12/h1-8H,(H,24,28)(H,25,29). The summed E-state index contributed by atoms with van der Waals surface area (Å²) in [7, 11) is 0. The lowest BCUT2D eigenvalue weighted by Crippen LogP contribution is -2.42. The number of hydrogen-bond acceptors (Lipinski definition) is 4. The predicted octanol–water partition coefficient (Wildman–Crippen LogP) is 3.15. The number of carbonyl (C=O) groups excluding carboxylic acids is 2.